The van der Waals surface area contributed by atoms with Crippen molar-refractivity contribution in [3.05, 3.63) is 0 Å². The van der Waals surface area contributed by atoms with Gasteiger partial charge in [-0.15, -0.1) is 12.4 Å². The van der Waals surface area contributed by atoms with E-state index in [0.717, 1.165) is 12.5 Å². The third-order valence-electron chi connectivity index (χ3n) is 3.13. The highest BCUT2D eigenvalue weighted by Gasteiger charge is 2.39. The zero-order valence-electron chi connectivity index (χ0n) is 6.68. The fourth-order valence-corrected chi connectivity index (χ4v) is 2.19. The summed E-state index contributed by atoms with van der Waals surface area (Å²) in [6, 6.07) is 0. The van der Waals surface area contributed by atoms with Gasteiger partial charge in [-0.2, -0.15) is 0 Å². The molecule has 1 aliphatic carbocycles. The van der Waals surface area contributed by atoms with Crippen molar-refractivity contribution in [3.8, 4) is 0 Å². The number of aliphatic hydroxyl groups is 1. The van der Waals surface area contributed by atoms with Crippen molar-refractivity contribution in [2.24, 2.45) is 5.92 Å². The van der Waals surface area contributed by atoms with E-state index >= 15 is 0 Å². The van der Waals surface area contributed by atoms with Crippen molar-refractivity contribution in [1.29, 1.82) is 0 Å². The number of piperidine rings is 2. The maximum Gasteiger partial charge on any atom is 0.0613 e. The molecule has 2 heterocycles. The molecule has 11 heavy (non-hydrogen) atoms. The molecule has 0 spiro atoms. The monoisotopic (exact) mass is 177 g/mol. The Morgan fingerprint density at radius 2 is 2.00 bits per heavy atom. The lowest BCUT2D eigenvalue weighted by Gasteiger charge is -2.46. The molecule has 2 saturated heterocycles. The van der Waals surface area contributed by atoms with E-state index in [0.29, 0.717) is 6.61 Å². The molecule has 0 aromatic carbocycles. The molecule has 3 rings (SSSR count). The summed E-state index contributed by atoms with van der Waals surface area (Å²) in [7, 11) is 0. The molecular weight excluding hydrogens is 162 g/mol. The summed E-state index contributed by atoms with van der Waals surface area (Å²) in [6.45, 7) is 1.47. The van der Waals surface area contributed by atoms with Crippen LogP contribution < -0.4 is 5.32 Å². The van der Waals surface area contributed by atoms with Gasteiger partial charge >= 0.3 is 0 Å². The first-order valence-electron chi connectivity index (χ1n) is 4.21. The van der Waals surface area contributed by atoms with Crippen LogP contribution in [0, 0.1) is 5.92 Å². The minimum absolute atomic E-state index is 0. The van der Waals surface area contributed by atoms with Crippen molar-refractivity contribution in [1.82, 2.24) is 5.32 Å². The largest absolute Gasteiger partial charge is 0.394 e. The van der Waals surface area contributed by atoms with Crippen LogP contribution in [-0.4, -0.2) is 23.8 Å². The molecule has 0 amide bonds. The van der Waals surface area contributed by atoms with Gasteiger partial charge in [-0.25, -0.2) is 0 Å². The average Bonchev–Trinajstić information content (AvgIpc) is 2.08. The van der Waals surface area contributed by atoms with Crippen LogP contribution in [0.2, 0.25) is 0 Å². The molecule has 2 N–H and O–H groups in total. The zero-order valence-corrected chi connectivity index (χ0v) is 7.49. The first-order valence-corrected chi connectivity index (χ1v) is 4.21. The van der Waals surface area contributed by atoms with Crippen LogP contribution in [0.1, 0.15) is 25.7 Å². The SMILES string of the molecule is Cl.OCC12CCC(CC1)CN2. The lowest BCUT2D eigenvalue weighted by Crippen LogP contribution is -2.57. The molecule has 3 aliphatic rings. The van der Waals surface area contributed by atoms with Gasteiger partial charge in [0.25, 0.3) is 0 Å². The van der Waals surface area contributed by atoms with E-state index in [9.17, 15) is 0 Å². The maximum atomic E-state index is 9.10. The number of halogens is 1. The minimum atomic E-state index is 0. The normalized spacial score (nSPS) is 41.7. The standard InChI is InChI=1S/C8H15NO.ClH/c10-6-8-3-1-7(2-4-8)5-9-8;/h7,9-10H,1-6H2;1H. The van der Waals surface area contributed by atoms with E-state index in [4.69, 9.17) is 5.11 Å². The molecule has 3 fully saturated rings. The highest BCUT2D eigenvalue weighted by molar-refractivity contribution is 5.85. The second kappa shape index (κ2) is 3.30. The smallest absolute Gasteiger partial charge is 0.0613 e. The number of hydrogen-bond donors (Lipinski definition) is 2. The highest BCUT2D eigenvalue weighted by Crippen LogP contribution is 2.36. The number of aliphatic hydroxyl groups excluding tert-OH is 1. The summed E-state index contributed by atoms with van der Waals surface area (Å²) in [6.07, 6.45) is 5.03. The molecule has 0 atom stereocenters. The van der Waals surface area contributed by atoms with Crippen molar-refractivity contribution < 1.29 is 5.11 Å². The Kier molecular flexibility index (Phi) is 2.79. The Morgan fingerprint density at radius 1 is 1.36 bits per heavy atom. The van der Waals surface area contributed by atoms with Crippen LogP contribution in [0.3, 0.4) is 0 Å². The van der Waals surface area contributed by atoms with Crippen molar-refractivity contribution in [2.45, 2.75) is 31.2 Å². The topological polar surface area (TPSA) is 32.3 Å². The summed E-state index contributed by atoms with van der Waals surface area (Å²) in [4.78, 5) is 0. The lowest BCUT2D eigenvalue weighted by molar-refractivity contribution is 0.0585. The Labute approximate surface area is 73.8 Å². The Balaban J connectivity index is 0.000000605. The van der Waals surface area contributed by atoms with Gasteiger partial charge in [-0.05, 0) is 38.1 Å². The van der Waals surface area contributed by atoms with Gasteiger partial charge in [0.05, 0.1) is 6.61 Å². The molecular formula is C8H16ClNO. The Morgan fingerprint density at radius 3 is 2.27 bits per heavy atom. The van der Waals surface area contributed by atoms with Crippen molar-refractivity contribution in [2.75, 3.05) is 13.2 Å². The summed E-state index contributed by atoms with van der Waals surface area (Å²) in [5, 5.41) is 12.5. The fourth-order valence-electron chi connectivity index (χ4n) is 2.19. The molecule has 66 valence electrons. The van der Waals surface area contributed by atoms with Gasteiger partial charge in [0.2, 0.25) is 0 Å². The molecule has 1 saturated carbocycles. The predicted molar refractivity (Wildman–Crippen MR) is 47.0 cm³/mol. The Bertz CT molecular complexity index is 118. The second-order valence-electron chi connectivity index (χ2n) is 3.76. The van der Waals surface area contributed by atoms with Crippen LogP contribution >= 0.6 is 12.4 Å². The molecule has 0 aromatic heterocycles. The molecule has 2 aliphatic heterocycles. The molecule has 0 radical (unpaired) electrons. The predicted octanol–water partition coefficient (Wildman–Crippen LogP) is 0.933. The van der Waals surface area contributed by atoms with Crippen LogP contribution in [0.4, 0.5) is 0 Å². The molecule has 0 unspecified atom stereocenters. The van der Waals surface area contributed by atoms with E-state index in [1.54, 1.807) is 0 Å². The third kappa shape index (κ3) is 1.53. The Hall–Kier alpha value is 0.210. The van der Waals surface area contributed by atoms with Crippen LogP contribution in [0.15, 0.2) is 0 Å². The fraction of sp³-hybridized carbons (Fsp3) is 1.00. The second-order valence-corrected chi connectivity index (χ2v) is 3.76. The van der Waals surface area contributed by atoms with E-state index in [1.807, 2.05) is 0 Å². The van der Waals surface area contributed by atoms with Gasteiger partial charge < -0.3 is 10.4 Å². The van der Waals surface area contributed by atoms with Crippen LogP contribution in [-0.2, 0) is 0 Å². The lowest BCUT2D eigenvalue weighted by atomic mass is 9.72. The number of rotatable bonds is 1. The number of fused-ring (bicyclic) bond motifs is 3. The number of nitrogens with one attached hydrogen (secondary N) is 1. The summed E-state index contributed by atoms with van der Waals surface area (Å²) in [5.41, 5.74) is 0.134. The average molecular weight is 178 g/mol. The van der Waals surface area contributed by atoms with E-state index in [-0.39, 0.29) is 17.9 Å². The molecule has 0 aromatic rings. The third-order valence-corrected chi connectivity index (χ3v) is 3.13. The highest BCUT2D eigenvalue weighted by atomic mass is 35.5. The summed E-state index contributed by atoms with van der Waals surface area (Å²) < 4.78 is 0. The molecule has 2 bridgehead atoms. The van der Waals surface area contributed by atoms with Crippen LogP contribution in [0.5, 0.6) is 0 Å². The summed E-state index contributed by atoms with van der Waals surface area (Å²) in [5.74, 6) is 0.911. The molecule has 3 heteroatoms. The first-order chi connectivity index (χ1) is 4.85. The minimum Gasteiger partial charge on any atom is -0.394 e. The first kappa shape index (κ1) is 9.30. The van der Waals surface area contributed by atoms with E-state index < -0.39 is 0 Å². The van der Waals surface area contributed by atoms with Gasteiger partial charge in [-0.1, -0.05) is 0 Å². The zero-order chi connectivity index (χ0) is 7.03. The van der Waals surface area contributed by atoms with Gasteiger partial charge in [0, 0.05) is 5.54 Å². The van der Waals surface area contributed by atoms with Gasteiger partial charge in [-0.3, -0.25) is 0 Å². The quantitative estimate of drug-likeness (QED) is 0.625. The van der Waals surface area contributed by atoms with Gasteiger partial charge in [0.1, 0.15) is 0 Å². The van der Waals surface area contributed by atoms with Crippen molar-refractivity contribution >= 4 is 12.4 Å². The van der Waals surface area contributed by atoms with E-state index in [2.05, 4.69) is 5.32 Å². The van der Waals surface area contributed by atoms with Crippen molar-refractivity contribution in [3.63, 3.8) is 0 Å². The van der Waals surface area contributed by atoms with E-state index in [1.165, 1.54) is 25.7 Å². The van der Waals surface area contributed by atoms with Gasteiger partial charge in [0.15, 0.2) is 0 Å². The molecule has 2 nitrogen and oxygen atoms in total. The summed E-state index contributed by atoms with van der Waals surface area (Å²) >= 11 is 0. The van der Waals surface area contributed by atoms with Crippen LogP contribution in [0.25, 0.3) is 0 Å². The number of hydrogen-bond acceptors (Lipinski definition) is 2. The maximum absolute atomic E-state index is 9.10.